The maximum atomic E-state index is 11.2. The fourth-order valence-corrected chi connectivity index (χ4v) is 0.994. The number of amides is 2. The first-order valence-electron chi connectivity index (χ1n) is 4.65. The Hall–Kier alpha value is -0.840. The van der Waals surface area contributed by atoms with Crippen LogP contribution in [0.5, 0.6) is 0 Å². The van der Waals surface area contributed by atoms with Gasteiger partial charge < -0.3 is 16.4 Å². The van der Waals surface area contributed by atoms with E-state index in [1.165, 1.54) is 0 Å². The number of nitrogens with two attached hydrogens (primary N) is 1. The minimum atomic E-state index is -0.201. The van der Waals surface area contributed by atoms with Crippen molar-refractivity contribution in [2.45, 2.75) is 39.2 Å². The summed E-state index contributed by atoms with van der Waals surface area (Å²) in [5, 5.41) is 5.52. The van der Waals surface area contributed by atoms with Crippen LogP contribution in [0.2, 0.25) is 0 Å². The summed E-state index contributed by atoms with van der Waals surface area (Å²) in [5.41, 5.74) is 5.11. The zero-order valence-electron chi connectivity index (χ0n) is 9.02. The van der Waals surface area contributed by atoms with E-state index < -0.39 is 0 Å². The maximum absolute atomic E-state index is 11.2. The van der Waals surface area contributed by atoms with Gasteiger partial charge in [-0.15, -0.1) is 0 Å². The van der Waals surface area contributed by atoms with Gasteiger partial charge in [-0.2, -0.15) is 0 Å². The van der Waals surface area contributed by atoms with E-state index in [0.717, 1.165) is 6.42 Å². The standard InChI is InChI=1S/C9H19N3OS/c1-9(2,3)12-8(13)11-6-4-5-7(10)14/h4-6H2,1-3H3,(H2,10,14)(H2,11,12,13). The van der Waals surface area contributed by atoms with Gasteiger partial charge in [-0.25, -0.2) is 4.79 Å². The maximum Gasteiger partial charge on any atom is 0.315 e. The van der Waals surface area contributed by atoms with E-state index in [4.69, 9.17) is 18.0 Å². The number of nitrogens with one attached hydrogen (secondary N) is 2. The molecule has 0 aromatic rings. The lowest BCUT2D eigenvalue weighted by Gasteiger charge is -2.20. The number of carbonyl (C=O) groups excluding carboxylic acids is 1. The van der Waals surface area contributed by atoms with E-state index in [1.54, 1.807) is 0 Å². The number of carbonyl (C=O) groups is 1. The first kappa shape index (κ1) is 13.2. The Morgan fingerprint density at radius 1 is 1.43 bits per heavy atom. The third-order valence-corrected chi connectivity index (χ3v) is 1.58. The first-order valence-corrected chi connectivity index (χ1v) is 5.06. The van der Waals surface area contributed by atoms with E-state index >= 15 is 0 Å². The van der Waals surface area contributed by atoms with Gasteiger partial charge in [0, 0.05) is 12.1 Å². The molecule has 0 bridgehead atoms. The van der Waals surface area contributed by atoms with E-state index in [2.05, 4.69) is 10.6 Å². The van der Waals surface area contributed by atoms with Crippen molar-refractivity contribution in [3.05, 3.63) is 0 Å². The summed E-state index contributed by atoms with van der Waals surface area (Å²) in [6.45, 7) is 6.39. The molecule has 0 aliphatic heterocycles. The minimum Gasteiger partial charge on any atom is -0.393 e. The molecule has 5 heteroatoms. The van der Waals surface area contributed by atoms with Crippen LogP contribution in [0.1, 0.15) is 33.6 Å². The Morgan fingerprint density at radius 3 is 2.43 bits per heavy atom. The van der Waals surface area contributed by atoms with E-state index in [1.807, 2.05) is 20.8 Å². The molecule has 14 heavy (non-hydrogen) atoms. The summed E-state index contributed by atoms with van der Waals surface area (Å²) >= 11 is 4.71. The van der Waals surface area contributed by atoms with Gasteiger partial charge in [0.15, 0.2) is 0 Å². The van der Waals surface area contributed by atoms with Crippen molar-refractivity contribution in [1.29, 1.82) is 0 Å². The molecule has 0 saturated carbocycles. The second-order valence-corrected chi connectivity index (χ2v) is 4.73. The molecule has 0 spiro atoms. The summed E-state index contributed by atoms with van der Waals surface area (Å²) in [6, 6.07) is -0.152. The van der Waals surface area contributed by atoms with Crippen LogP contribution >= 0.6 is 12.2 Å². The molecule has 0 aromatic carbocycles. The molecule has 82 valence electrons. The van der Waals surface area contributed by atoms with Gasteiger partial charge in [-0.05, 0) is 33.6 Å². The van der Waals surface area contributed by atoms with E-state index in [9.17, 15) is 4.79 Å². The Labute approximate surface area is 90.6 Å². The molecule has 4 nitrogen and oxygen atoms in total. The summed E-state index contributed by atoms with van der Waals surface area (Å²) in [5.74, 6) is 0. The molecule has 4 N–H and O–H groups in total. The average molecular weight is 217 g/mol. The third-order valence-electron chi connectivity index (χ3n) is 1.37. The zero-order chi connectivity index (χ0) is 11.2. The number of hydrogen-bond acceptors (Lipinski definition) is 2. The molecular formula is C9H19N3OS. The normalized spacial score (nSPS) is 10.8. The highest BCUT2D eigenvalue weighted by molar-refractivity contribution is 7.80. The fraction of sp³-hybridized carbons (Fsp3) is 0.778. The molecule has 0 aliphatic carbocycles. The second kappa shape index (κ2) is 5.80. The van der Waals surface area contributed by atoms with Crippen molar-refractivity contribution in [1.82, 2.24) is 10.6 Å². The van der Waals surface area contributed by atoms with E-state index in [-0.39, 0.29) is 11.6 Å². The fourth-order valence-electron chi connectivity index (χ4n) is 0.849. The molecule has 0 aliphatic rings. The summed E-state index contributed by atoms with van der Waals surface area (Å²) in [7, 11) is 0. The van der Waals surface area contributed by atoms with Gasteiger partial charge in [-0.3, -0.25) is 0 Å². The Bertz CT molecular complexity index is 211. The second-order valence-electron chi connectivity index (χ2n) is 4.20. The molecule has 0 unspecified atom stereocenters. The van der Waals surface area contributed by atoms with Gasteiger partial charge in [0.2, 0.25) is 0 Å². The predicted molar refractivity (Wildman–Crippen MR) is 62.3 cm³/mol. The molecule has 0 rings (SSSR count). The van der Waals surface area contributed by atoms with Gasteiger partial charge in [0.05, 0.1) is 4.99 Å². The first-order chi connectivity index (χ1) is 6.31. The van der Waals surface area contributed by atoms with Crippen molar-refractivity contribution in [2.24, 2.45) is 5.73 Å². The van der Waals surface area contributed by atoms with Crippen molar-refractivity contribution in [2.75, 3.05) is 6.54 Å². The number of hydrogen-bond donors (Lipinski definition) is 3. The van der Waals surface area contributed by atoms with E-state index in [0.29, 0.717) is 18.0 Å². The van der Waals surface area contributed by atoms with Crippen LogP contribution in [-0.4, -0.2) is 23.1 Å². The van der Waals surface area contributed by atoms with Gasteiger partial charge in [-0.1, -0.05) is 12.2 Å². The van der Waals surface area contributed by atoms with Crippen LogP contribution in [0.15, 0.2) is 0 Å². The smallest absolute Gasteiger partial charge is 0.315 e. The van der Waals surface area contributed by atoms with Crippen LogP contribution < -0.4 is 16.4 Å². The summed E-state index contributed by atoms with van der Waals surface area (Å²) in [4.78, 5) is 11.7. The summed E-state index contributed by atoms with van der Waals surface area (Å²) in [6.07, 6.45) is 1.46. The molecular weight excluding hydrogens is 198 g/mol. The molecule has 0 atom stereocenters. The predicted octanol–water partition coefficient (Wildman–Crippen LogP) is 1.15. The van der Waals surface area contributed by atoms with Crippen LogP contribution in [0.25, 0.3) is 0 Å². The summed E-state index contributed by atoms with van der Waals surface area (Å²) < 4.78 is 0. The molecule has 0 radical (unpaired) electrons. The van der Waals surface area contributed by atoms with Crippen LogP contribution in [0.4, 0.5) is 4.79 Å². The number of rotatable bonds is 4. The minimum absolute atomic E-state index is 0.152. The molecule has 0 heterocycles. The highest BCUT2D eigenvalue weighted by Crippen LogP contribution is 1.97. The third kappa shape index (κ3) is 9.25. The largest absolute Gasteiger partial charge is 0.393 e. The van der Waals surface area contributed by atoms with Gasteiger partial charge >= 0.3 is 6.03 Å². The zero-order valence-corrected chi connectivity index (χ0v) is 9.83. The quantitative estimate of drug-likeness (QED) is 0.489. The topological polar surface area (TPSA) is 67.2 Å². The van der Waals surface area contributed by atoms with Crippen molar-refractivity contribution < 1.29 is 4.79 Å². The SMILES string of the molecule is CC(C)(C)NC(=O)NCCCC(N)=S. The molecule has 0 aromatic heterocycles. The van der Waals surface area contributed by atoms with Crippen molar-refractivity contribution in [3.63, 3.8) is 0 Å². The number of thiocarbonyl (C=S) groups is 1. The van der Waals surface area contributed by atoms with Crippen molar-refractivity contribution >= 4 is 23.2 Å². The number of urea groups is 1. The molecule has 2 amide bonds. The highest BCUT2D eigenvalue weighted by atomic mass is 32.1. The Morgan fingerprint density at radius 2 is 2.00 bits per heavy atom. The molecule has 0 fully saturated rings. The van der Waals surface area contributed by atoms with Gasteiger partial charge in [0.25, 0.3) is 0 Å². The van der Waals surface area contributed by atoms with Crippen LogP contribution in [0, 0.1) is 0 Å². The van der Waals surface area contributed by atoms with Crippen LogP contribution in [-0.2, 0) is 0 Å². The Kier molecular flexibility index (Phi) is 5.45. The molecule has 0 saturated heterocycles. The average Bonchev–Trinajstić information content (AvgIpc) is 1.94. The highest BCUT2D eigenvalue weighted by Gasteiger charge is 2.12. The Balaban J connectivity index is 3.50. The lowest BCUT2D eigenvalue weighted by Crippen LogP contribution is -2.46. The lowest BCUT2D eigenvalue weighted by atomic mass is 10.1. The van der Waals surface area contributed by atoms with Gasteiger partial charge in [0.1, 0.15) is 0 Å². The lowest BCUT2D eigenvalue weighted by molar-refractivity contribution is 0.232. The monoisotopic (exact) mass is 217 g/mol. The van der Waals surface area contributed by atoms with Crippen LogP contribution in [0.3, 0.4) is 0 Å². The van der Waals surface area contributed by atoms with Crippen molar-refractivity contribution in [3.8, 4) is 0 Å².